The molecule has 1 aliphatic rings. The molecule has 0 aromatic carbocycles. The van der Waals surface area contributed by atoms with Gasteiger partial charge in [0, 0.05) is 17.3 Å². The minimum Gasteiger partial charge on any atom is -0.390 e. The summed E-state index contributed by atoms with van der Waals surface area (Å²) in [5, 5.41) is 13.5. The quantitative estimate of drug-likeness (QED) is 0.815. The van der Waals surface area contributed by atoms with Crippen LogP contribution in [-0.2, 0) is 18.7 Å². The maximum Gasteiger partial charge on any atom is 0.137 e. The molecule has 1 atom stereocenters. The van der Waals surface area contributed by atoms with Crippen LogP contribution in [0.15, 0.2) is 0 Å². The lowest BCUT2D eigenvalue weighted by Gasteiger charge is -2.13. The first-order valence-electron chi connectivity index (χ1n) is 5.38. The third-order valence-electron chi connectivity index (χ3n) is 3.07. The molecule has 1 aromatic rings. The van der Waals surface area contributed by atoms with E-state index in [0.29, 0.717) is 24.1 Å². The van der Waals surface area contributed by atoms with Crippen LogP contribution in [0.1, 0.15) is 50.2 Å². The van der Waals surface area contributed by atoms with Crippen LogP contribution in [0, 0.1) is 0 Å². The molecule has 1 heterocycles. The summed E-state index contributed by atoms with van der Waals surface area (Å²) in [7, 11) is 0. The second-order valence-electron chi connectivity index (χ2n) is 4.66. The molecule has 0 bridgehead atoms. The number of nitrogens with zero attached hydrogens (tertiary/aromatic N) is 2. The smallest absolute Gasteiger partial charge is 0.137 e. The number of aliphatic hydroxyl groups is 1. The van der Waals surface area contributed by atoms with Crippen LogP contribution in [0.5, 0.6) is 0 Å². The van der Waals surface area contributed by atoms with Gasteiger partial charge in [0.2, 0.25) is 0 Å². The number of halogens is 1. The largest absolute Gasteiger partial charge is 0.390 e. The maximum atomic E-state index is 14.2. The summed E-state index contributed by atoms with van der Waals surface area (Å²) in [5.41, 5.74) is 0.763. The van der Waals surface area contributed by atoms with Crippen molar-refractivity contribution in [2.24, 2.45) is 0 Å². The Morgan fingerprint density at radius 3 is 2.80 bits per heavy atom. The zero-order valence-corrected chi connectivity index (χ0v) is 9.42. The number of hydrogen-bond donors (Lipinski definition) is 1. The average molecular weight is 212 g/mol. The summed E-state index contributed by atoms with van der Waals surface area (Å²) < 4.78 is 16.0. The fraction of sp³-hybridized carbons (Fsp3) is 0.727. The molecule has 1 unspecified atom stereocenters. The molecule has 0 fully saturated rings. The number of fused-ring (bicyclic) bond motifs is 1. The highest BCUT2D eigenvalue weighted by atomic mass is 19.1. The van der Waals surface area contributed by atoms with Gasteiger partial charge in [-0.25, -0.2) is 4.39 Å². The molecule has 0 saturated carbocycles. The van der Waals surface area contributed by atoms with Gasteiger partial charge in [0.15, 0.2) is 0 Å². The van der Waals surface area contributed by atoms with Gasteiger partial charge < -0.3 is 5.11 Å². The number of aliphatic hydroxyl groups excluding tert-OH is 1. The van der Waals surface area contributed by atoms with E-state index in [1.165, 1.54) is 0 Å². The van der Waals surface area contributed by atoms with Crippen LogP contribution >= 0.6 is 0 Å². The van der Waals surface area contributed by atoms with E-state index in [4.69, 9.17) is 0 Å². The van der Waals surface area contributed by atoms with Gasteiger partial charge in [0.25, 0.3) is 0 Å². The second-order valence-corrected chi connectivity index (χ2v) is 4.66. The fourth-order valence-electron chi connectivity index (χ4n) is 2.38. The molecule has 1 aliphatic carbocycles. The van der Waals surface area contributed by atoms with Gasteiger partial charge in [-0.2, -0.15) is 5.10 Å². The van der Waals surface area contributed by atoms with Gasteiger partial charge >= 0.3 is 0 Å². The zero-order chi connectivity index (χ0) is 11.2. The van der Waals surface area contributed by atoms with Crippen molar-refractivity contribution in [3.8, 4) is 0 Å². The predicted molar refractivity (Wildman–Crippen MR) is 55.3 cm³/mol. The monoisotopic (exact) mass is 212 g/mol. The molecule has 0 spiro atoms. The third kappa shape index (κ3) is 1.47. The van der Waals surface area contributed by atoms with Gasteiger partial charge in [0.1, 0.15) is 5.67 Å². The standard InChI is InChI=1S/C11H17FN2O/c1-7(2)14-9-4-5-11(3,12)10(9)8(6-15)13-14/h7,15H,4-6H2,1-3H3. The predicted octanol–water partition coefficient (Wildman–Crippen LogP) is 2.09. The summed E-state index contributed by atoms with van der Waals surface area (Å²) in [4.78, 5) is 0. The molecule has 84 valence electrons. The van der Waals surface area contributed by atoms with Gasteiger partial charge in [0.05, 0.1) is 12.3 Å². The first-order valence-corrected chi connectivity index (χ1v) is 5.38. The van der Waals surface area contributed by atoms with E-state index in [2.05, 4.69) is 5.10 Å². The highest BCUT2D eigenvalue weighted by Gasteiger charge is 2.40. The molecule has 0 aliphatic heterocycles. The van der Waals surface area contributed by atoms with Crippen molar-refractivity contribution >= 4 is 0 Å². The highest BCUT2D eigenvalue weighted by molar-refractivity contribution is 5.36. The Morgan fingerprint density at radius 1 is 1.60 bits per heavy atom. The fourth-order valence-corrected chi connectivity index (χ4v) is 2.38. The van der Waals surface area contributed by atoms with E-state index in [1.807, 2.05) is 18.5 Å². The molecule has 4 heteroatoms. The average Bonchev–Trinajstić information content (AvgIpc) is 2.65. The minimum atomic E-state index is -1.32. The molecule has 2 rings (SSSR count). The molecule has 0 saturated heterocycles. The Morgan fingerprint density at radius 2 is 2.27 bits per heavy atom. The number of hydrogen-bond acceptors (Lipinski definition) is 2. The molecule has 0 amide bonds. The lowest BCUT2D eigenvalue weighted by atomic mass is 10.0. The maximum absolute atomic E-state index is 14.2. The van der Waals surface area contributed by atoms with Gasteiger partial charge in [-0.15, -0.1) is 0 Å². The molecular weight excluding hydrogens is 195 g/mol. The van der Waals surface area contributed by atoms with E-state index in [-0.39, 0.29) is 12.6 Å². The second kappa shape index (κ2) is 3.30. The summed E-state index contributed by atoms with van der Waals surface area (Å²) in [5.74, 6) is 0. The summed E-state index contributed by atoms with van der Waals surface area (Å²) in [6, 6.07) is 0.216. The van der Waals surface area contributed by atoms with Gasteiger partial charge in [-0.3, -0.25) is 4.68 Å². The van der Waals surface area contributed by atoms with Gasteiger partial charge in [-0.05, 0) is 33.6 Å². The Balaban J connectivity index is 2.58. The zero-order valence-electron chi connectivity index (χ0n) is 9.42. The van der Waals surface area contributed by atoms with E-state index in [0.717, 1.165) is 5.69 Å². The van der Waals surface area contributed by atoms with E-state index in [9.17, 15) is 9.50 Å². The van der Waals surface area contributed by atoms with Crippen LogP contribution < -0.4 is 0 Å². The summed E-state index contributed by atoms with van der Waals surface area (Å²) in [6.07, 6.45) is 1.22. The van der Waals surface area contributed by atoms with Crippen molar-refractivity contribution in [1.29, 1.82) is 0 Å². The van der Waals surface area contributed by atoms with E-state index in [1.54, 1.807) is 6.92 Å². The van der Waals surface area contributed by atoms with Crippen LogP contribution in [0.4, 0.5) is 4.39 Å². The summed E-state index contributed by atoms with van der Waals surface area (Å²) in [6.45, 7) is 5.43. The van der Waals surface area contributed by atoms with Crippen molar-refractivity contribution in [3.63, 3.8) is 0 Å². The lowest BCUT2D eigenvalue weighted by molar-refractivity contribution is 0.186. The molecule has 0 radical (unpaired) electrons. The normalized spacial score (nSPS) is 24.9. The lowest BCUT2D eigenvalue weighted by Crippen LogP contribution is -2.12. The summed E-state index contributed by atoms with van der Waals surface area (Å²) >= 11 is 0. The van der Waals surface area contributed by atoms with E-state index < -0.39 is 5.67 Å². The molecular formula is C11H17FN2O. The third-order valence-corrected chi connectivity index (χ3v) is 3.07. The van der Waals surface area contributed by atoms with Crippen LogP contribution in [0.3, 0.4) is 0 Å². The van der Waals surface area contributed by atoms with E-state index >= 15 is 0 Å². The molecule has 1 aromatic heterocycles. The van der Waals surface area contributed by atoms with Crippen molar-refractivity contribution in [2.75, 3.05) is 0 Å². The van der Waals surface area contributed by atoms with Crippen LogP contribution in [-0.4, -0.2) is 14.9 Å². The number of rotatable bonds is 2. The minimum absolute atomic E-state index is 0.179. The first-order chi connectivity index (χ1) is 6.97. The number of alkyl halides is 1. The van der Waals surface area contributed by atoms with Crippen LogP contribution in [0.2, 0.25) is 0 Å². The Kier molecular flexibility index (Phi) is 2.34. The Hall–Kier alpha value is -0.900. The highest BCUT2D eigenvalue weighted by Crippen LogP contribution is 2.42. The Labute approximate surface area is 88.9 Å². The van der Waals surface area contributed by atoms with Crippen LogP contribution in [0.25, 0.3) is 0 Å². The van der Waals surface area contributed by atoms with Crippen molar-refractivity contribution in [1.82, 2.24) is 9.78 Å². The topological polar surface area (TPSA) is 38.0 Å². The van der Waals surface area contributed by atoms with Crippen molar-refractivity contribution in [2.45, 2.75) is 51.9 Å². The molecule has 15 heavy (non-hydrogen) atoms. The van der Waals surface area contributed by atoms with Crippen molar-refractivity contribution in [3.05, 3.63) is 17.0 Å². The first kappa shape index (κ1) is 10.6. The number of aromatic nitrogens is 2. The van der Waals surface area contributed by atoms with Gasteiger partial charge in [-0.1, -0.05) is 0 Å². The SMILES string of the molecule is CC(C)n1nc(CO)c2c1CCC2(C)F. The molecule has 3 nitrogen and oxygen atoms in total. The van der Waals surface area contributed by atoms with Crippen molar-refractivity contribution < 1.29 is 9.50 Å². The molecule has 1 N–H and O–H groups in total. The Bertz CT molecular complexity index is 382.